The van der Waals surface area contributed by atoms with Crippen molar-refractivity contribution >= 4 is 34.2 Å². The lowest BCUT2D eigenvalue weighted by Crippen LogP contribution is -2.35. The summed E-state index contributed by atoms with van der Waals surface area (Å²) in [4.78, 5) is 34.3. The number of hydrogen-bond acceptors (Lipinski definition) is 3. The number of hydrogen-bond donors (Lipinski definition) is 2. The van der Waals surface area contributed by atoms with Gasteiger partial charge in [-0.25, -0.2) is 9.78 Å². The zero-order chi connectivity index (χ0) is 20.9. The molecule has 6 nitrogen and oxygen atoms in total. The van der Waals surface area contributed by atoms with E-state index in [1.54, 1.807) is 47.4 Å². The molecule has 0 fully saturated rings. The second kappa shape index (κ2) is 8.80. The van der Waals surface area contributed by atoms with E-state index in [2.05, 4.69) is 15.3 Å². The van der Waals surface area contributed by atoms with Gasteiger partial charge < -0.3 is 15.2 Å². The van der Waals surface area contributed by atoms with Crippen LogP contribution in [0.2, 0.25) is 5.02 Å². The minimum absolute atomic E-state index is 0.140. The standard InChI is InChI=1S/C23H19ClN4O2/c24-17-9-6-10-18(13-17)25-23(30)28(14-16-7-2-1-3-8-16)15-21-26-20-12-5-4-11-19(20)22(29)27-21/h1-13H,14-15H2,(H,25,30)(H,26,27,29). The molecular weight excluding hydrogens is 400 g/mol. The molecule has 150 valence electrons. The molecule has 1 heterocycles. The molecule has 0 aliphatic heterocycles. The van der Waals surface area contributed by atoms with Gasteiger partial charge in [0.15, 0.2) is 0 Å². The quantitative estimate of drug-likeness (QED) is 0.488. The summed E-state index contributed by atoms with van der Waals surface area (Å²) in [5.41, 5.74) is 1.91. The molecule has 30 heavy (non-hydrogen) atoms. The van der Waals surface area contributed by atoms with E-state index in [4.69, 9.17) is 11.6 Å². The van der Waals surface area contributed by atoms with Crippen LogP contribution in [0.3, 0.4) is 0 Å². The third kappa shape index (κ3) is 4.67. The van der Waals surface area contributed by atoms with Crippen molar-refractivity contribution < 1.29 is 4.79 Å². The number of H-pyrrole nitrogens is 1. The topological polar surface area (TPSA) is 78.1 Å². The Balaban J connectivity index is 1.63. The number of halogens is 1. The Morgan fingerprint density at radius 2 is 1.73 bits per heavy atom. The fraction of sp³-hybridized carbons (Fsp3) is 0.0870. The second-order valence-electron chi connectivity index (χ2n) is 6.81. The predicted molar refractivity (Wildman–Crippen MR) is 119 cm³/mol. The van der Waals surface area contributed by atoms with Gasteiger partial charge in [-0.05, 0) is 35.9 Å². The van der Waals surface area contributed by atoms with E-state index in [1.807, 2.05) is 36.4 Å². The van der Waals surface area contributed by atoms with E-state index < -0.39 is 0 Å². The van der Waals surface area contributed by atoms with Gasteiger partial charge in [0.1, 0.15) is 5.82 Å². The van der Waals surface area contributed by atoms with Crippen LogP contribution in [0.15, 0.2) is 83.7 Å². The number of para-hydroxylation sites is 1. The second-order valence-corrected chi connectivity index (χ2v) is 7.25. The molecular formula is C23H19ClN4O2. The smallest absolute Gasteiger partial charge is 0.313 e. The van der Waals surface area contributed by atoms with Crippen molar-refractivity contribution in [3.63, 3.8) is 0 Å². The van der Waals surface area contributed by atoms with Crippen molar-refractivity contribution in [3.8, 4) is 0 Å². The van der Waals surface area contributed by atoms with Gasteiger partial charge in [-0.2, -0.15) is 0 Å². The van der Waals surface area contributed by atoms with Gasteiger partial charge in [0.25, 0.3) is 5.56 Å². The lowest BCUT2D eigenvalue weighted by Gasteiger charge is -2.23. The first-order valence-corrected chi connectivity index (χ1v) is 9.79. The molecule has 0 saturated carbocycles. The number of nitrogens with zero attached hydrogens (tertiary/aromatic N) is 2. The van der Waals surface area contributed by atoms with Gasteiger partial charge in [-0.15, -0.1) is 0 Å². The zero-order valence-electron chi connectivity index (χ0n) is 16.0. The number of benzene rings is 3. The molecule has 0 saturated heterocycles. The summed E-state index contributed by atoms with van der Waals surface area (Å²) in [6.07, 6.45) is 0. The fourth-order valence-electron chi connectivity index (χ4n) is 3.16. The van der Waals surface area contributed by atoms with Gasteiger partial charge in [0.2, 0.25) is 0 Å². The molecule has 0 atom stereocenters. The van der Waals surface area contributed by atoms with Crippen molar-refractivity contribution in [1.82, 2.24) is 14.9 Å². The van der Waals surface area contributed by atoms with Crippen LogP contribution in [0, 0.1) is 0 Å². The van der Waals surface area contributed by atoms with E-state index in [0.29, 0.717) is 34.0 Å². The molecule has 2 N–H and O–H groups in total. The van der Waals surface area contributed by atoms with Crippen molar-refractivity contribution in [1.29, 1.82) is 0 Å². The first-order chi connectivity index (χ1) is 14.6. The van der Waals surface area contributed by atoms with Crippen molar-refractivity contribution in [2.75, 3.05) is 5.32 Å². The molecule has 2 amide bonds. The third-order valence-electron chi connectivity index (χ3n) is 4.58. The summed E-state index contributed by atoms with van der Waals surface area (Å²) in [6, 6.07) is 23.4. The lowest BCUT2D eigenvalue weighted by atomic mass is 10.2. The van der Waals surface area contributed by atoms with Crippen LogP contribution in [-0.2, 0) is 13.1 Å². The number of rotatable bonds is 5. The average molecular weight is 419 g/mol. The summed E-state index contributed by atoms with van der Waals surface area (Å²) in [7, 11) is 0. The number of carbonyl (C=O) groups excluding carboxylic acids is 1. The minimum Gasteiger partial charge on any atom is -0.313 e. The van der Waals surface area contributed by atoms with E-state index in [9.17, 15) is 9.59 Å². The molecule has 0 unspecified atom stereocenters. The van der Waals surface area contributed by atoms with Crippen molar-refractivity contribution in [2.45, 2.75) is 13.1 Å². The van der Waals surface area contributed by atoms with E-state index in [1.165, 1.54) is 0 Å². The molecule has 0 radical (unpaired) electrons. The highest BCUT2D eigenvalue weighted by molar-refractivity contribution is 6.30. The predicted octanol–water partition coefficient (Wildman–Crippen LogP) is 4.81. The number of amides is 2. The lowest BCUT2D eigenvalue weighted by molar-refractivity contribution is 0.205. The Labute approximate surface area is 178 Å². The zero-order valence-corrected chi connectivity index (χ0v) is 16.8. The molecule has 1 aromatic heterocycles. The molecule has 4 rings (SSSR count). The Kier molecular flexibility index (Phi) is 5.77. The monoisotopic (exact) mass is 418 g/mol. The van der Waals surface area contributed by atoms with Gasteiger partial charge >= 0.3 is 6.03 Å². The first kappa shape index (κ1) is 19.7. The van der Waals surface area contributed by atoms with Gasteiger partial charge in [-0.3, -0.25) is 4.79 Å². The number of anilines is 1. The number of fused-ring (bicyclic) bond motifs is 1. The van der Waals surface area contributed by atoms with Crippen LogP contribution in [0.4, 0.5) is 10.5 Å². The first-order valence-electron chi connectivity index (χ1n) is 9.42. The van der Waals surface area contributed by atoms with Crippen LogP contribution in [0.1, 0.15) is 11.4 Å². The normalized spacial score (nSPS) is 10.7. The molecule has 3 aromatic carbocycles. The Morgan fingerprint density at radius 1 is 0.967 bits per heavy atom. The SMILES string of the molecule is O=C(Nc1cccc(Cl)c1)N(Cc1ccccc1)Cc1nc2ccccc2c(=O)[nH]1. The number of aromatic nitrogens is 2. The fourth-order valence-corrected chi connectivity index (χ4v) is 3.35. The maximum absolute atomic E-state index is 13.0. The van der Waals surface area contributed by atoms with Crippen molar-refractivity contribution in [2.24, 2.45) is 0 Å². The average Bonchev–Trinajstić information content (AvgIpc) is 2.74. The summed E-state index contributed by atoms with van der Waals surface area (Å²) >= 11 is 6.03. The molecule has 0 bridgehead atoms. The van der Waals surface area contributed by atoms with Gasteiger partial charge in [0, 0.05) is 17.3 Å². The third-order valence-corrected chi connectivity index (χ3v) is 4.82. The van der Waals surface area contributed by atoms with Gasteiger partial charge in [-0.1, -0.05) is 60.1 Å². The van der Waals surface area contributed by atoms with Crippen LogP contribution in [0.5, 0.6) is 0 Å². The number of nitrogens with one attached hydrogen (secondary N) is 2. The van der Waals surface area contributed by atoms with Crippen LogP contribution >= 0.6 is 11.6 Å². The summed E-state index contributed by atoms with van der Waals surface area (Å²) < 4.78 is 0. The molecule has 0 aliphatic rings. The Hall–Kier alpha value is -3.64. The van der Waals surface area contributed by atoms with Gasteiger partial charge in [0.05, 0.1) is 17.4 Å². The minimum atomic E-state index is -0.322. The number of carbonyl (C=O) groups is 1. The van der Waals surface area contributed by atoms with Crippen LogP contribution < -0.4 is 10.9 Å². The van der Waals surface area contributed by atoms with Crippen molar-refractivity contribution in [3.05, 3.63) is 106 Å². The number of aromatic amines is 1. The maximum atomic E-state index is 13.0. The highest BCUT2D eigenvalue weighted by Crippen LogP contribution is 2.17. The molecule has 4 aromatic rings. The summed E-state index contributed by atoms with van der Waals surface area (Å²) in [6.45, 7) is 0.491. The molecule has 0 spiro atoms. The Bertz CT molecular complexity index is 1240. The summed E-state index contributed by atoms with van der Waals surface area (Å²) in [5, 5.41) is 3.90. The molecule has 7 heteroatoms. The van der Waals surface area contributed by atoms with Crippen LogP contribution in [-0.4, -0.2) is 20.9 Å². The molecule has 0 aliphatic carbocycles. The number of urea groups is 1. The van der Waals surface area contributed by atoms with E-state index >= 15 is 0 Å². The van der Waals surface area contributed by atoms with E-state index in [0.717, 1.165) is 5.56 Å². The van der Waals surface area contributed by atoms with E-state index in [-0.39, 0.29) is 18.1 Å². The van der Waals surface area contributed by atoms with Crippen LogP contribution in [0.25, 0.3) is 10.9 Å². The highest BCUT2D eigenvalue weighted by Gasteiger charge is 2.17. The largest absolute Gasteiger partial charge is 0.322 e. The highest BCUT2D eigenvalue weighted by atomic mass is 35.5. The summed E-state index contributed by atoms with van der Waals surface area (Å²) in [5.74, 6) is 0.413. The Morgan fingerprint density at radius 3 is 2.53 bits per heavy atom. The maximum Gasteiger partial charge on any atom is 0.322 e.